The highest BCUT2D eigenvalue weighted by atomic mass is 32.1. The summed E-state index contributed by atoms with van der Waals surface area (Å²) in [5.74, 6) is 1.31. The third kappa shape index (κ3) is 3.27. The molecule has 4 heterocycles. The van der Waals surface area contributed by atoms with Crippen LogP contribution < -0.4 is 0 Å². The number of hydrogen-bond acceptors (Lipinski definition) is 7. The van der Waals surface area contributed by atoms with E-state index in [2.05, 4.69) is 29.0 Å². The molecule has 0 spiro atoms. The van der Waals surface area contributed by atoms with Crippen molar-refractivity contribution in [3.8, 4) is 0 Å². The van der Waals surface area contributed by atoms with Gasteiger partial charge < -0.3 is 14.1 Å². The van der Waals surface area contributed by atoms with E-state index in [1.165, 1.54) is 11.3 Å². The van der Waals surface area contributed by atoms with E-state index >= 15 is 0 Å². The first-order valence-electron chi connectivity index (χ1n) is 9.34. The van der Waals surface area contributed by atoms with E-state index in [-0.39, 0.29) is 24.0 Å². The van der Waals surface area contributed by atoms with Gasteiger partial charge in [0.05, 0.1) is 11.2 Å². The maximum Gasteiger partial charge on any atom is 0.266 e. The van der Waals surface area contributed by atoms with E-state index in [0.717, 1.165) is 49.3 Å². The lowest BCUT2D eigenvalue weighted by Gasteiger charge is -2.33. The lowest BCUT2D eigenvalue weighted by atomic mass is 10.0. The number of rotatable bonds is 4. The highest BCUT2D eigenvalue weighted by molar-refractivity contribution is 7.11. The highest BCUT2D eigenvalue weighted by Gasteiger charge is 2.35. The number of piperidine rings is 1. The molecule has 2 aliphatic heterocycles. The smallest absolute Gasteiger partial charge is 0.266 e. The molecule has 0 N–H and O–H groups in total. The van der Waals surface area contributed by atoms with Crippen molar-refractivity contribution < 1.29 is 13.9 Å². The average Bonchev–Trinajstić information content (AvgIpc) is 3.41. The zero-order chi connectivity index (χ0) is 18.1. The van der Waals surface area contributed by atoms with Crippen molar-refractivity contribution >= 4 is 17.2 Å². The van der Waals surface area contributed by atoms with Crippen LogP contribution in [0.3, 0.4) is 0 Å². The van der Waals surface area contributed by atoms with Gasteiger partial charge in [-0.1, -0.05) is 13.8 Å². The molecule has 2 saturated heterocycles. The van der Waals surface area contributed by atoms with Crippen LogP contribution in [-0.4, -0.2) is 39.1 Å². The van der Waals surface area contributed by atoms with Crippen LogP contribution in [0.2, 0.25) is 0 Å². The van der Waals surface area contributed by atoms with E-state index in [0.29, 0.717) is 18.3 Å². The molecule has 0 saturated carbocycles. The maximum atomic E-state index is 13.2. The van der Waals surface area contributed by atoms with Gasteiger partial charge in [0.25, 0.3) is 5.91 Å². The summed E-state index contributed by atoms with van der Waals surface area (Å²) in [5.41, 5.74) is 2.62. The van der Waals surface area contributed by atoms with Crippen molar-refractivity contribution in [1.82, 2.24) is 20.1 Å². The molecule has 8 heteroatoms. The molecule has 26 heavy (non-hydrogen) atoms. The fourth-order valence-electron chi connectivity index (χ4n) is 3.67. The predicted molar refractivity (Wildman–Crippen MR) is 96.1 cm³/mol. The van der Waals surface area contributed by atoms with Gasteiger partial charge in [-0.15, -0.1) is 21.5 Å². The van der Waals surface area contributed by atoms with Gasteiger partial charge >= 0.3 is 0 Å². The van der Waals surface area contributed by atoms with Crippen LogP contribution in [0, 0.1) is 0 Å². The van der Waals surface area contributed by atoms with Gasteiger partial charge in [0.2, 0.25) is 11.8 Å². The molecule has 2 atom stereocenters. The Labute approximate surface area is 156 Å². The number of ether oxygens (including phenoxy) is 1. The monoisotopic (exact) mass is 376 g/mol. The Morgan fingerprint density at radius 2 is 2.08 bits per heavy atom. The minimum absolute atomic E-state index is 0.0257. The van der Waals surface area contributed by atoms with Gasteiger partial charge in [0, 0.05) is 13.2 Å². The number of aromatic nitrogens is 3. The number of likely N-dealkylation sites (tertiary alicyclic amines) is 1. The topological polar surface area (TPSA) is 81.4 Å². The van der Waals surface area contributed by atoms with Gasteiger partial charge in [-0.3, -0.25) is 4.79 Å². The largest absolute Gasteiger partial charge is 0.420 e. The van der Waals surface area contributed by atoms with Crippen LogP contribution >= 0.6 is 11.3 Å². The summed E-state index contributed by atoms with van der Waals surface area (Å²) < 4.78 is 11.6. The maximum absolute atomic E-state index is 13.2. The molecule has 1 unspecified atom stereocenters. The number of thiazole rings is 1. The summed E-state index contributed by atoms with van der Waals surface area (Å²) in [7, 11) is 0. The number of amides is 1. The molecule has 2 fully saturated rings. The number of nitrogens with zero attached hydrogens (tertiary/aromatic N) is 4. The molecule has 140 valence electrons. The zero-order valence-electron chi connectivity index (χ0n) is 15.2. The van der Waals surface area contributed by atoms with Crippen molar-refractivity contribution in [2.45, 2.75) is 64.0 Å². The second-order valence-corrected chi connectivity index (χ2v) is 8.07. The standard InChI is InChI=1S/C18H24N4O3S/c1-11(2)14-15(26-10-19-14)18(23)22-8-4-3-6-12(22)16-20-21-17(25-16)13-7-5-9-24-13/h10-13H,3-9H2,1-2H3/t12?,13-/m1/s1. The van der Waals surface area contributed by atoms with Crippen molar-refractivity contribution in [2.24, 2.45) is 0 Å². The molecule has 0 bridgehead atoms. The normalized spacial score (nSPS) is 23.7. The SMILES string of the molecule is CC(C)c1ncsc1C(=O)N1CCCCC1c1nnc([C@H]2CCCO2)o1. The fraction of sp³-hybridized carbons (Fsp3) is 0.667. The molecule has 2 aromatic rings. The van der Waals surface area contributed by atoms with Gasteiger partial charge in [-0.2, -0.15) is 0 Å². The van der Waals surface area contributed by atoms with Crippen molar-refractivity contribution in [3.05, 3.63) is 27.9 Å². The molecule has 7 nitrogen and oxygen atoms in total. The van der Waals surface area contributed by atoms with Gasteiger partial charge in [0.1, 0.15) is 17.0 Å². The van der Waals surface area contributed by atoms with Crippen LogP contribution in [0.15, 0.2) is 9.93 Å². The van der Waals surface area contributed by atoms with E-state index in [1.807, 2.05) is 4.90 Å². The second kappa shape index (κ2) is 7.44. The lowest BCUT2D eigenvalue weighted by molar-refractivity contribution is 0.0552. The van der Waals surface area contributed by atoms with Crippen molar-refractivity contribution in [2.75, 3.05) is 13.2 Å². The van der Waals surface area contributed by atoms with E-state index in [1.54, 1.807) is 5.51 Å². The third-order valence-corrected chi connectivity index (χ3v) is 5.88. The Morgan fingerprint density at radius 1 is 1.23 bits per heavy atom. The molecule has 4 rings (SSSR count). The first kappa shape index (κ1) is 17.6. The van der Waals surface area contributed by atoms with Gasteiger partial charge in [0.15, 0.2) is 0 Å². The summed E-state index contributed by atoms with van der Waals surface area (Å²) in [6, 6.07) is -0.166. The predicted octanol–water partition coefficient (Wildman–Crippen LogP) is 3.87. The second-order valence-electron chi connectivity index (χ2n) is 7.21. The van der Waals surface area contributed by atoms with Crippen LogP contribution in [-0.2, 0) is 4.74 Å². The molecule has 2 aliphatic rings. The third-order valence-electron chi connectivity index (χ3n) is 5.05. The first-order chi connectivity index (χ1) is 12.6. The van der Waals surface area contributed by atoms with Crippen LogP contribution in [0.4, 0.5) is 0 Å². The Hall–Kier alpha value is -1.80. The zero-order valence-corrected chi connectivity index (χ0v) is 16.0. The van der Waals surface area contributed by atoms with Gasteiger partial charge in [-0.05, 0) is 38.0 Å². The molecule has 2 aromatic heterocycles. The molecular weight excluding hydrogens is 352 g/mol. The minimum Gasteiger partial charge on any atom is -0.420 e. The Balaban J connectivity index is 1.58. The van der Waals surface area contributed by atoms with E-state index in [4.69, 9.17) is 9.15 Å². The summed E-state index contributed by atoms with van der Waals surface area (Å²) in [6.07, 6.45) is 4.71. The number of carbonyl (C=O) groups excluding carboxylic acids is 1. The van der Waals surface area contributed by atoms with Crippen molar-refractivity contribution in [1.29, 1.82) is 0 Å². The molecule has 0 radical (unpaired) electrons. The Kier molecular flexibility index (Phi) is 5.04. The fourth-order valence-corrected chi connectivity index (χ4v) is 4.57. The molecule has 1 amide bonds. The highest BCUT2D eigenvalue weighted by Crippen LogP contribution is 2.35. The van der Waals surface area contributed by atoms with Crippen LogP contribution in [0.5, 0.6) is 0 Å². The molecule has 0 aromatic carbocycles. The van der Waals surface area contributed by atoms with E-state index < -0.39 is 0 Å². The van der Waals surface area contributed by atoms with Crippen LogP contribution in [0.1, 0.15) is 91.2 Å². The van der Waals surface area contributed by atoms with Gasteiger partial charge in [-0.25, -0.2) is 4.98 Å². The summed E-state index contributed by atoms with van der Waals surface area (Å²) in [6.45, 7) is 5.56. The quantitative estimate of drug-likeness (QED) is 0.806. The average molecular weight is 376 g/mol. The Morgan fingerprint density at radius 3 is 2.85 bits per heavy atom. The molecule has 0 aliphatic carbocycles. The Bertz CT molecular complexity index is 766. The van der Waals surface area contributed by atoms with Crippen LogP contribution in [0.25, 0.3) is 0 Å². The minimum atomic E-state index is -0.166. The van der Waals surface area contributed by atoms with Crippen molar-refractivity contribution in [3.63, 3.8) is 0 Å². The molecular formula is C18H24N4O3S. The lowest BCUT2D eigenvalue weighted by Crippen LogP contribution is -2.38. The summed E-state index contributed by atoms with van der Waals surface area (Å²) in [4.78, 5) is 20.2. The first-order valence-corrected chi connectivity index (χ1v) is 10.2. The summed E-state index contributed by atoms with van der Waals surface area (Å²) in [5, 5.41) is 8.44. The summed E-state index contributed by atoms with van der Waals surface area (Å²) >= 11 is 1.41. The van der Waals surface area contributed by atoms with E-state index in [9.17, 15) is 4.79 Å². The number of hydrogen-bond donors (Lipinski definition) is 0. The number of carbonyl (C=O) groups is 1.